The molecule has 0 bridgehead atoms. The summed E-state index contributed by atoms with van der Waals surface area (Å²) in [4.78, 5) is 0. The van der Waals surface area contributed by atoms with E-state index in [1.165, 1.54) is 5.56 Å². The van der Waals surface area contributed by atoms with Gasteiger partial charge < -0.3 is 9.84 Å². The summed E-state index contributed by atoms with van der Waals surface area (Å²) in [6.45, 7) is 2.72. The van der Waals surface area contributed by atoms with Gasteiger partial charge in [-0.25, -0.2) is 0 Å². The number of ether oxygens (including phenoxy) is 1. The fourth-order valence-corrected chi connectivity index (χ4v) is 1.36. The third-order valence-corrected chi connectivity index (χ3v) is 2.35. The van der Waals surface area contributed by atoms with Crippen molar-refractivity contribution < 1.29 is 9.84 Å². The largest absolute Gasteiger partial charge is 0.388 e. The van der Waals surface area contributed by atoms with Crippen LogP contribution in [0.4, 0.5) is 0 Å². The van der Waals surface area contributed by atoms with E-state index in [1.54, 1.807) is 7.11 Å². The Morgan fingerprint density at radius 3 is 2.43 bits per heavy atom. The highest BCUT2D eigenvalue weighted by molar-refractivity contribution is 5.24. The van der Waals surface area contributed by atoms with Crippen LogP contribution >= 0.6 is 0 Å². The number of hydrogen-bond acceptors (Lipinski definition) is 2. The summed E-state index contributed by atoms with van der Waals surface area (Å²) in [5.41, 5.74) is 2.24. The van der Waals surface area contributed by atoms with E-state index in [9.17, 15) is 5.11 Å². The zero-order valence-corrected chi connectivity index (χ0v) is 8.86. The van der Waals surface area contributed by atoms with Crippen LogP contribution in [0.1, 0.15) is 30.6 Å². The Labute approximate surface area is 85.5 Å². The molecule has 0 amide bonds. The molecule has 1 N–H and O–H groups in total. The molecule has 0 fully saturated rings. The van der Waals surface area contributed by atoms with E-state index in [-0.39, 0.29) is 6.10 Å². The van der Waals surface area contributed by atoms with Crippen molar-refractivity contribution in [2.75, 3.05) is 13.7 Å². The minimum atomic E-state index is -0.327. The molecule has 0 aliphatic rings. The molecule has 1 unspecified atom stereocenters. The molecule has 2 nitrogen and oxygen atoms in total. The Morgan fingerprint density at radius 1 is 1.29 bits per heavy atom. The Balaban J connectivity index is 2.59. The first-order valence-corrected chi connectivity index (χ1v) is 5.03. The molecule has 1 aromatic rings. The fourth-order valence-electron chi connectivity index (χ4n) is 1.36. The molecular weight excluding hydrogens is 176 g/mol. The fraction of sp³-hybridized carbons (Fsp3) is 0.500. The van der Waals surface area contributed by atoms with Gasteiger partial charge in [-0.3, -0.25) is 0 Å². The van der Waals surface area contributed by atoms with Gasteiger partial charge >= 0.3 is 0 Å². The van der Waals surface area contributed by atoms with Gasteiger partial charge in [0, 0.05) is 7.11 Å². The Morgan fingerprint density at radius 2 is 1.93 bits per heavy atom. The van der Waals surface area contributed by atoms with Gasteiger partial charge in [-0.05, 0) is 24.0 Å². The lowest BCUT2D eigenvalue weighted by Crippen LogP contribution is -1.97. The van der Waals surface area contributed by atoms with Crippen LogP contribution in [0.25, 0.3) is 0 Å². The van der Waals surface area contributed by atoms with E-state index in [2.05, 4.69) is 0 Å². The summed E-state index contributed by atoms with van der Waals surface area (Å²) < 4.78 is 5.00. The maximum absolute atomic E-state index is 9.57. The molecule has 14 heavy (non-hydrogen) atoms. The normalized spacial score (nSPS) is 12.8. The van der Waals surface area contributed by atoms with Crippen molar-refractivity contribution >= 4 is 0 Å². The first kappa shape index (κ1) is 11.2. The number of benzene rings is 1. The molecule has 0 radical (unpaired) electrons. The molecule has 78 valence electrons. The number of aliphatic hydroxyl groups excluding tert-OH is 1. The molecule has 0 aromatic heterocycles. The van der Waals surface area contributed by atoms with Crippen LogP contribution in [0.5, 0.6) is 0 Å². The third-order valence-electron chi connectivity index (χ3n) is 2.35. The van der Waals surface area contributed by atoms with Gasteiger partial charge in [0.1, 0.15) is 0 Å². The second kappa shape index (κ2) is 5.78. The van der Waals surface area contributed by atoms with Crippen LogP contribution in [0.15, 0.2) is 24.3 Å². The van der Waals surface area contributed by atoms with Crippen molar-refractivity contribution in [3.8, 4) is 0 Å². The maximum Gasteiger partial charge on any atom is 0.0787 e. The molecule has 1 atom stereocenters. The average Bonchev–Trinajstić information content (AvgIpc) is 2.26. The molecule has 2 heteroatoms. The van der Waals surface area contributed by atoms with E-state index in [1.807, 2.05) is 31.2 Å². The van der Waals surface area contributed by atoms with Gasteiger partial charge in [0.2, 0.25) is 0 Å². The molecule has 0 aliphatic carbocycles. The lowest BCUT2D eigenvalue weighted by Gasteiger charge is -2.08. The highest BCUT2D eigenvalue weighted by Gasteiger charge is 2.03. The van der Waals surface area contributed by atoms with Crippen LogP contribution in [0.3, 0.4) is 0 Å². The molecular formula is C12H18O2. The van der Waals surface area contributed by atoms with E-state index < -0.39 is 0 Å². The number of hydrogen-bond donors (Lipinski definition) is 1. The third kappa shape index (κ3) is 3.13. The van der Waals surface area contributed by atoms with Crippen molar-refractivity contribution in [2.24, 2.45) is 0 Å². The summed E-state index contributed by atoms with van der Waals surface area (Å²) in [6, 6.07) is 8.07. The molecule has 0 spiro atoms. The highest BCUT2D eigenvalue weighted by atomic mass is 16.5. The first-order chi connectivity index (χ1) is 6.77. The number of rotatable bonds is 5. The Kier molecular flexibility index (Phi) is 4.63. The summed E-state index contributed by atoms with van der Waals surface area (Å²) in [6.07, 6.45) is 1.36. The van der Waals surface area contributed by atoms with Crippen molar-refractivity contribution in [3.05, 3.63) is 35.4 Å². The van der Waals surface area contributed by atoms with Gasteiger partial charge in [0.25, 0.3) is 0 Å². The van der Waals surface area contributed by atoms with Crippen molar-refractivity contribution in [3.63, 3.8) is 0 Å². The molecule has 1 rings (SSSR count). The zero-order valence-electron chi connectivity index (χ0n) is 8.86. The lowest BCUT2D eigenvalue weighted by molar-refractivity contribution is 0.173. The maximum atomic E-state index is 9.57. The summed E-state index contributed by atoms with van der Waals surface area (Å²) in [5, 5.41) is 9.57. The van der Waals surface area contributed by atoms with Gasteiger partial charge in [0.05, 0.1) is 12.7 Å². The Bertz CT molecular complexity index is 254. The van der Waals surface area contributed by atoms with E-state index in [0.717, 1.165) is 25.0 Å². The summed E-state index contributed by atoms with van der Waals surface area (Å²) >= 11 is 0. The van der Waals surface area contributed by atoms with Crippen molar-refractivity contribution in [1.82, 2.24) is 0 Å². The monoisotopic (exact) mass is 194 g/mol. The van der Waals surface area contributed by atoms with Gasteiger partial charge in [0.15, 0.2) is 0 Å². The van der Waals surface area contributed by atoms with Crippen LogP contribution in [-0.2, 0) is 11.2 Å². The number of methoxy groups -OCH3 is 1. The molecule has 0 saturated heterocycles. The second-order valence-electron chi connectivity index (χ2n) is 3.41. The van der Waals surface area contributed by atoms with Crippen LogP contribution in [0.2, 0.25) is 0 Å². The number of aliphatic hydroxyl groups is 1. The van der Waals surface area contributed by atoms with Gasteiger partial charge in [-0.1, -0.05) is 31.2 Å². The van der Waals surface area contributed by atoms with Crippen molar-refractivity contribution in [1.29, 1.82) is 0 Å². The summed E-state index contributed by atoms with van der Waals surface area (Å²) in [7, 11) is 1.70. The Hall–Kier alpha value is -0.860. The second-order valence-corrected chi connectivity index (χ2v) is 3.41. The van der Waals surface area contributed by atoms with Crippen LogP contribution in [0, 0.1) is 0 Å². The summed E-state index contributed by atoms with van der Waals surface area (Å²) in [5.74, 6) is 0. The molecule has 0 heterocycles. The SMILES string of the molecule is CCC(O)c1ccc(CCOC)cc1. The smallest absolute Gasteiger partial charge is 0.0787 e. The molecule has 0 aliphatic heterocycles. The average molecular weight is 194 g/mol. The van der Waals surface area contributed by atoms with E-state index >= 15 is 0 Å². The lowest BCUT2D eigenvalue weighted by atomic mass is 10.0. The quantitative estimate of drug-likeness (QED) is 0.779. The van der Waals surface area contributed by atoms with E-state index in [0.29, 0.717) is 0 Å². The van der Waals surface area contributed by atoms with Gasteiger partial charge in [-0.2, -0.15) is 0 Å². The van der Waals surface area contributed by atoms with Crippen LogP contribution < -0.4 is 0 Å². The predicted octanol–water partition coefficient (Wildman–Crippen LogP) is 2.32. The van der Waals surface area contributed by atoms with Gasteiger partial charge in [-0.15, -0.1) is 0 Å². The minimum absolute atomic E-state index is 0.327. The predicted molar refractivity (Wildman–Crippen MR) is 57.3 cm³/mol. The molecule has 1 aromatic carbocycles. The topological polar surface area (TPSA) is 29.5 Å². The van der Waals surface area contributed by atoms with Crippen LogP contribution in [-0.4, -0.2) is 18.8 Å². The minimum Gasteiger partial charge on any atom is -0.388 e. The zero-order chi connectivity index (χ0) is 10.4. The standard InChI is InChI=1S/C12H18O2/c1-3-12(13)11-6-4-10(5-7-11)8-9-14-2/h4-7,12-13H,3,8-9H2,1-2H3. The highest BCUT2D eigenvalue weighted by Crippen LogP contribution is 2.16. The molecule has 0 saturated carbocycles. The van der Waals surface area contributed by atoms with Crippen molar-refractivity contribution in [2.45, 2.75) is 25.9 Å². The van der Waals surface area contributed by atoms with E-state index in [4.69, 9.17) is 4.74 Å². The first-order valence-electron chi connectivity index (χ1n) is 5.03.